The molecule has 0 spiro atoms. The topological polar surface area (TPSA) is 75.7 Å². The van der Waals surface area contributed by atoms with Crippen molar-refractivity contribution in [3.8, 4) is 5.75 Å². The van der Waals surface area contributed by atoms with Gasteiger partial charge < -0.3 is 10.1 Å². The number of amides is 1. The van der Waals surface area contributed by atoms with E-state index in [-0.39, 0.29) is 23.4 Å². The third-order valence-corrected chi connectivity index (χ3v) is 7.18. The fraction of sp³-hybridized carbons (Fsp3) is 0.350. The van der Waals surface area contributed by atoms with Crippen LogP contribution in [0.3, 0.4) is 0 Å². The van der Waals surface area contributed by atoms with Crippen molar-refractivity contribution in [2.45, 2.75) is 42.7 Å². The fourth-order valence-corrected chi connectivity index (χ4v) is 5.27. The minimum atomic E-state index is -3.87. The lowest BCUT2D eigenvalue weighted by Crippen LogP contribution is -2.52. The molecule has 1 fully saturated rings. The molecule has 8 heteroatoms. The van der Waals surface area contributed by atoms with Gasteiger partial charge in [-0.2, -0.15) is 0 Å². The van der Waals surface area contributed by atoms with Gasteiger partial charge in [0.05, 0.1) is 17.1 Å². The maximum Gasteiger partial charge on any atom is 0.264 e. The summed E-state index contributed by atoms with van der Waals surface area (Å²) in [5.74, 6) is 0.0931. The number of hydrogen-bond acceptors (Lipinski definition) is 4. The second-order valence-electron chi connectivity index (χ2n) is 7.05. The fourth-order valence-electron chi connectivity index (χ4n) is 3.66. The van der Waals surface area contributed by atoms with Gasteiger partial charge in [-0.1, -0.05) is 36.6 Å². The summed E-state index contributed by atoms with van der Waals surface area (Å²) >= 11 is 5.89. The summed E-state index contributed by atoms with van der Waals surface area (Å²) in [4.78, 5) is 12.9. The van der Waals surface area contributed by atoms with Crippen LogP contribution in [0.4, 0.5) is 5.69 Å². The van der Waals surface area contributed by atoms with Gasteiger partial charge in [-0.15, -0.1) is 0 Å². The van der Waals surface area contributed by atoms with E-state index in [0.29, 0.717) is 16.5 Å². The molecular formula is C20H21ClN2O4S. The zero-order valence-electron chi connectivity index (χ0n) is 15.2. The molecule has 1 amide bonds. The lowest BCUT2D eigenvalue weighted by Gasteiger charge is -2.35. The molecule has 1 heterocycles. The molecule has 148 valence electrons. The van der Waals surface area contributed by atoms with Crippen LogP contribution in [0, 0.1) is 0 Å². The Kier molecular flexibility index (Phi) is 5.21. The van der Waals surface area contributed by atoms with E-state index in [2.05, 4.69) is 5.32 Å². The first kappa shape index (κ1) is 19.1. The Labute approximate surface area is 169 Å². The summed E-state index contributed by atoms with van der Waals surface area (Å²) in [5.41, 5.74) is 0.419. The smallest absolute Gasteiger partial charge is 0.264 e. The molecule has 1 N–H and O–H groups in total. The summed E-state index contributed by atoms with van der Waals surface area (Å²) in [6, 6.07) is 13.0. The van der Waals surface area contributed by atoms with Crippen molar-refractivity contribution < 1.29 is 17.9 Å². The Balaban J connectivity index is 1.65. The number of fused-ring (bicyclic) bond motifs is 1. The number of nitrogens with zero attached hydrogens (tertiary/aromatic N) is 1. The highest BCUT2D eigenvalue weighted by Gasteiger charge is 2.38. The van der Waals surface area contributed by atoms with Crippen LogP contribution in [-0.4, -0.2) is 33.0 Å². The Hall–Kier alpha value is -2.25. The van der Waals surface area contributed by atoms with E-state index < -0.39 is 16.1 Å². The van der Waals surface area contributed by atoms with Gasteiger partial charge in [-0.25, -0.2) is 8.42 Å². The number of rotatable bonds is 4. The van der Waals surface area contributed by atoms with Gasteiger partial charge in [-0.3, -0.25) is 9.10 Å². The van der Waals surface area contributed by atoms with Crippen LogP contribution in [-0.2, 0) is 14.8 Å². The van der Waals surface area contributed by atoms with Crippen molar-refractivity contribution in [1.82, 2.24) is 5.32 Å². The molecule has 2 aromatic carbocycles. The summed E-state index contributed by atoms with van der Waals surface area (Å²) in [5, 5.41) is 3.45. The van der Waals surface area contributed by atoms with Crippen molar-refractivity contribution in [2.75, 3.05) is 10.8 Å². The van der Waals surface area contributed by atoms with Crippen molar-refractivity contribution in [3.63, 3.8) is 0 Å². The molecule has 2 aliphatic rings. The van der Waals surface area contributed by atoms with Crippen LogP contribution in [0.15, 0.2) is 53.4 Å². The first-order valence-corrected chi connectivity index (χ1v) is 11.1. The molecule has 0 radical (unpaired) electrons. The van der Waals surface area contributed by atoms with Crippen LogP contribution in [0.2, 0.25) is 5.02 Å². The number of carbonyl (C=O) groups is 1. The predicted octanol–water partition coefficient (Wildman–Crippen LogP) is 3.36. The van der Waals surface area contributed by atoms with Crippen LogP contribution in [0.25, 0.3) is 0 Å². The normalized spacial score (nSPS) is 19.8. The minimum Gasteiger partial charge on any atom is -0.476 e. The maximum atomic E-state index is 13.3. The number of hydrogen-bond donors (Lipinski definition) is 1. The molecule has 6 nitrogen and oxygen atoms in total. The van der Waals surface area contributed by atoms with E-state index in [9.17, 15) is 13.2 Å². The molecule has 0 bridgehead atoms. The van der Waals surface area contributed by atoms with Gasteiger partial charge in [0.25, 0.3) is 15.9 Å². The largest absolute Gasteiger partial charge is 0.476 e. The van der Waals surface area contributed by atoms with Gasteiger partial charge in [0.1, 0.15) is 5.75 Å². The molecular weight excluding hydrogens is 400 g/mol. The average Bonchev–Trinajstić information content (AvgIpc) is 3.20. The van der Waals surface area contributed by atoms with E-state index in [1.165, 1.54) is 28.6 Å². The highest BCUT2D eigenvalue weighted by Crippen LogP contribution is 2.37. The highest BCUT2D eigenvalue weighted by atomic mass is 35.5. The van der Waals surface area contributed by atoms with Crippen LogP contribution in [0.1, 0.15) is 25.7 Å². The molecule has 0 saturated heterocycles. The van der Waals surface area contributed by atoms with Crippen LogP contribution in [0.5, 0.6) is 5.75 Å². The summed E-state index contributed by atoms with van der Waals surface area (Å²) in [7, 11) is -3.87. The third-order valence-electron chi connectivity index (χ3n) is 5.13. The molecule has 0 aromatic heterocycles. The zero-order chi connectivity index (χ0) is 19.7. The lowest BCUT2D eigenvalue weighted by molar-refractivity contribution is -0.128. The predicted molar refractivity (Wildman–Crippen MR) is 107 cm³/mol. The van der Waals surface area contributed by atoms with E-state index >= 15 is 0 Å². The molecule has 1 atom stereocenters. The second-order valence-corrected chi connectivity index (χ2v) is 9.35. The number of ether oxygens (including phenoxy) is 1. The first-order chi connectivity index (χ1) is 13.4. The van der Waals surface area contributed by atoms with Gasteiger partial charge >= 0.3 is 0 Å². The lowest BCUT2D eigenvalue weighted by atomic mass is 10.2. The number of anilines is 1. The Morgan fingerprint density at radius 1 is 1.07 bits per heavy atom. The number of halogens is 1. The van der Waals surface area contributed by atoms with Gasteiger partial charge in [0.2, 0.25) is 0 Å². The van der Waals surface area contributed by atoms with E-state index in [0.717, 1.165) is 25.7 Å². The van der Waals surface area contributed by atoms with Crippen molar-refractivity contribution in [3.05, 3.63) is 53.6 Å². The second kappa shape index (κ2) is 7.64. The summed E-state index contributed by atoms with van der Waals surface area (Å²) < 4.78 is 33.6. The van der Waals surface area contributed by atoms with Crippen LogP contribution < -0.4 is 14.4 Å². The highest BCUT2D eigenvalue weighted by molar-refractivity contribution is 7.92. The number of carbonyl (C=O) groups excluding carboxylic acids is 1. The first-order valence-electron chi connectivity index (χ1n) is 9.29. The quantitative estimate of drug-likeness (QED) is 0.822. The van der Waals surface area contributed by atoms with Crippen molar-refractivity contribution >= 4 is 33.2 Å². The number of para-hydroxylation sites is 2. The van der Waals surface area contributed by atoms with Gasteiger partial charge in [0, 0.05) is 11.1 Å². The number of sulfonamides is 1. The zero-order valence-corrected chi connectivity index (χ0v) is 16.7. The SMILES string of the molecule is O=C(NC1CCCC1)C1CN(S(=O)(=O)c2ccc(Cl)cc2)c2ccccc2O1. The van der Waals surface area contributed by atoms with Crippen molar-refractivity contribution in [1.29, 1.82) is 0 Å². The molecule has 28 heavy (non-hydrogen) atoms. The molecule has 1 aliphatic heterocycles. The van der Waals surface area contributed by atoms with Crippen molar-refractivity contribution in [2.24, 2.45) is 0 Å². The van der Waals surface area contributed by atoms with E-state index in [1.807, 2.05) is 0 Å². The minimum absolute atomic E-state index is 0.0828. The summed E-state index contributed by atoms with van der Waals surface area (Å²) in [6.45, 7) is -0.0828. The maximum absolute atomic E-state index is 13.3. The molecule has 4 rings (SSSR count). The third kappa shape index (κ3) is 3.69. The molecule has 2 aromatic rings. The number of benzene rings is 2. The Bertz CT molecular complexity index is 972. The standard InChI is InChI=1S/C20H21ClN2O4S/c21-14-9-11-16(12-10-14)28(25,26)23-13-19(20(24)22-15-5-1-2-6-15)27-18-8-4-3-7-17(18)23/h3-4,7-12,15,19H,1-2,5-6,13H2,(H,22,24). The van der Waals surface area contributed by atoms with Gasteiger partial charge in [-0.05, 0) is 49.2 Å². The van der Waals surface area contributed by atoms with E-state index in [4.69, 9.17) is 16.3 Å². The Morgan fingerprint density at radius 3 is 2.46 bits per heavy atom. The average molecular weight is 421 g/mol. The van der Waals surface area contributed by atoms with Gasteiger partial charge in [0.15, 0.2) is 6.10 Å². The number of nitrogens with one attached hydrogen (secondary N) is 1. The van der Waals surface area contributed by atoms with E-state index in [1.54, 1.807) is 24.3 Å². The van der Waals surface area contributed by atoms with Crippen LogP contribution >= 0.6 is 11.6 Å². The Morgan fingerprint density at radius 2 is 1.75 bits per heavy atom. The molecule has 1 unspecified atom stereocenters. The monoisotopic (exact) mass is 420 g/mol. The molecule has 1 saturated carbocycles. The summed E-state index contributed by atoms with van der Waals surface area (Å²) in [6.07, 6.45) is 3.17. The molecule has 1 aliphatic carbocycles.